The fraction of sp³-hybridized carbons (Fsp3) is 0.250. The number of hydrogen-bond acceptors (Lipinski definition) is 4. The summed E-state index contributed by atoms with van der Waals surface area (Å²) in [7, 11) is -3.63. The highest BCUT2D eigenvalue weighted by Crippen LogP contribution is 2.32. The van der Waals surface area contributed by atoms with Crippen molar-refractivity contribution in [1.29, 1.82) is 0 Å². The molecule has 0 atom stereocenters. The smallest absolute Gasteiger partial charge is 0.260 e. The van der Waals surface area contributed by atoms with Gasteiger partial charge in [0.05, 0.1) is 18.2 Å². The van der Waals surface area contributed by atoms with Crippen LogP contribution in [0.15, 0.2) is 59.7 Å². The highest BCUT2D eigenvalue weighted by atomic mass is 32.2. The second-order valence-electron chi connectivity index (χ2n) is 7.70. The fourth-order valence-electron chi connectivity index (χ4n) is 4.16. The lowest BCUT2D eigenvalue weighted by molar-refractivity contribution is -0.119. The number of hydrazone groups is 1. The summed E-state index contributed by atoms with van der Waals surface area (Å²) < 4.78 is 25.8. The van der Waals surface area contributed by atoms with Gasteiger partial charge in [-0.1, -0.05) is 55.5 Å². The minimum absolute atomic E-state index is 0.336. The largest absolute Gasteiger partial charge is 0.271 e. The first kappa shape index (κ1) is 21.1. The average Bonchev–Trinajstić information content (AvgIpc) is 3.17. The van der Waals surface area contributed by atoms with Crippen molar-refractivity contribution in [3.63, 3.8) is 0 Å². The summed E-state index contributed by atoms with van der Waals surface area (Å²) in [6.45, 7) is 1.61. The summed E-state index contributed by atoms with van der Waals surface area (Å²) >= 11 is 0. The molecule has 0 bridgehead atoms. The van der Waals surface area contributed by atoms with Crippen molar-refractivity contribution < 1.29 is 13.2 Å². The predicted molar refractivity (Wildman–Crippen MR) is 125 cm³/mol. The molecule has 4 rings (SSSR count). The van der Waals surface area contributed by atoms with Crippen molar-refractivity contribution in [2.24, 2.45) is 5.10 Å². The third-order valence-electron chi connectivity index (χ3n) is 5.63. The van der Waals surface area contributed by atoms with Gasteiger partial charge in [0.25, 0.3) is 5.91 Å². The number of hydrogen-bond donors (Lipinski definition) is 1. The molecule has 0 fully saturated rings. The Kier molecular flexibility index (Phi) is 5.78. The molecule has 6 nitrogen and oxygen atoms in total. The predicted octanol–water partition coefficient (Wildman–Crippen LogP) is 3.42. The molecule has 0 saturated carbocycles. The lowest BCUT2D eigenvalue weighted by atomic mass is 10.0. The number of para-hydroxylation sites is 1. The van der Waals surface area contributed by atoms with E-state index in [0.717, 1.165) is 39.9 Å². The Morgan fingerprint density at radius 2 is 1.81 bits per heavy atom. The second-order valence-corrected chi connectivity index (χ2v) is 9.61. The van der Waals surface area contributed by atoms with E-state index in [-0.39, 0.29) is 6.54 Å². The van der Waals surface area contributed by atoms with Crippen LogP contribution >= 0.6 is 0 Å². The number of sulfonamides is 1. The molecule has 3 aromatic rings. The van der Waals surface area contributed by atoms with E-state index in [0.29, 0.717) is 12.1 Å². The highest BCUT2D eigenvalue weighted by molar-refractivity contribution is 7.92. The molecular formula is C24H25N3O3S. The molecule has 0 saturated heterocycles. The van der Waals surface area contributed by atoms with Crippen molar-refractivity contribution in [3.8, 4) is 0 Å². The standard InChI is InChI=1S/C24H25N3O3S/c1-3-17-7-4-5-10-22(17)27(31(2,29)30)16-23(28)26-25-15-20-14-13-19-12-11-18-8-6-9-21(20)24(18)19/h4-10,13-15H,3,11-12,16H2,1-2H3,(H,26,28). The zero-order chi connectivity index (χ0) is 22.0. The molecule has 1 amide bonds. The van der Waals surface area contributed by atoms with Crippen LogP contribution in [0.2, 0.25) is 0 Å². The molecule has 0 aliphatic heterocycles. The molecule has 1 N–H and O–H groups in total. The fourth-order valence-corrected chi connectivity index (χ4v) is 5.04. The first-order valence-electron chi connectivity index (χ1n) is 10.3. The first-order valence-corrected chi connectivity index (χ1v) is 12.1. The lowest BCUT2D eigenvalue weighted by Crippen LogP contribution is -2.39. The minimum Gasteiger partial charge on any atom is -0.271 e. The maximum Gasteiger partial charge on any atom is 0.260 e. The van der Waals surface area contributed by atoms with Gasteiger partial charge in [-0.2, -0.15) is 5.10 Å². The SMILES string of the molecule is CCc1ccccc1N(CC(=O)NN=Cc1ccc2c3c(cccc13)CC2)S(C)(=O)=O. The molecule has 0 aromatic heterocycles. The summed E-state index contributed by atoms with van der Waals surface area (Å²) in [5.41, 5.74) is 7.44. The third-order valence-corrected chi connectivity index (χ3v) is 6.76. The van der Waals surface area contributed by atoms with Gasteiger partial charge >= 0.3 is 0 Å². The summed E-state index contributed by atoms with van der Waals surface area (Å²) in [5.74, 6) is -0.501. The van der Waals surface area contributed by atoms with E-state index >= 15 is 0 Å². The molecule has 0 unspecified atom stereocenters. The van der Waals surface area contributed by atoms with Crippen LogP contribution in [0.5, 0.6) is 0 Å². The zero-order valence-electron chi connectivity index (χ0n) is 17.6. The van der Waals surface area contributed by atoms with Crippen molar-refractivity contribution in [2.75, 3.05) is 17.1 Å². The van der Waals surface area contributed by atoms with Gasteiger partial charge in [-0.15, -0.1) is 0 Å². The van der Waals surface area contributed by atoms with Crippen LogP contribution in [0.25, 0.3) is 10.8 Å². The summed E-state index contributed by atoms with van der Waals surface area (Å²) in [5, 5.41) is 6.48. The Labute approximate surface area is 182 Å². The molecule has 7 heteroatoms. The Morgan fingerprint density at radius 3 is 2.55 bits per heavy atom. The Hall–Kier alpha value is -3.19. The second kappa shape index (κ2) is 8.51. The minimum atomic E-state index is -3.63. The molecule has 1 aliphatic carbocycles. The number of benzene rings is 3. The Morgan fingerprint density at radius 1 is 1.06 bits per heavy atom. The van der Waals surface area contributed by atoms with Crippen molar-refractivity contribution in [2.45, 2.75) is 26.2 Å². The summed E-state index contributed by atoms with van der Waals surface area (Å²) in [6.07, 6.45) is 5.47. The number of carbonyl (C=O) groups excluding carboxylic acids is 1. The number of nitrogens with zero attached hydrogens (tertiary/aromatic N) is 2. The number of anilines is 1. The number of rotatable bonds is 7. The monoisotopic (exact) mass is 435 g/mol. The molecule has 1 aliphatic rings. The third kappa shape index (κ3) is 4.32. The van der Waals surface area contributed by atoms with Crippen molar-refractivity contribution in [1.82, 2.24) is 5.43 Å². The molecule has 31 heavy (non-hydrogen) atoms. The van der Waals surface area contributed by atoms with Crippen LogP contribution < -0.4 is 9.73 Å². The lowest BCUT2D eigenvalue weighted by Gasteiger charge is -2.23. The van der Waals surface area contributed by atoms with Crippen LogP contribution in [0.4, 0.5) is 5.69 Å². The van der Waals surface area contributed by atoms with Gasteiger partial charge in [-0.3, -0.25) is 9.10 Å². The van der Waals surface area contributed by atoms with Gasteiger partial charge in [-0.25, -0.2) is 13.8 Å². The summed E-state index contributed by atoms with van der Waals surface area (Å²) in [4.78, 5) is 12.5. The molecule has 0 spiro atoms. The van der Waals surface area contributed by atoms with Crippen LogP contribution in [0.3, 0.4) is 0 Å². The van der Waals surface area contributed by atoms with E-state index in [1.54, 1.807) is 18.3 Å². The van der Waals surface area contributed by atoms with Gasteiger partial charge in [0.1, 0.15) is 6.54 Å². The van der Waals surface area contributed by atoms with Crippen LogP contribution in [-0.2, 0) is 34.1 Å². The maximum absolute atomic E-state index is 12.5. The van der Waals surface area contributed by atoms with Crippen LogP contribution in [-0.4, -0.2) is 33.3 Å². The Bertz CT molecular complexity index is 1270. The van der Waals surface area contributed by atoms with E-state index in [9.17, 15) is 13.2 Å². The van der Waals surface area contributed by atoms with Gasteiger partial charge in [0.2, 0.25) is 10.0 Å². The van der Waals surface area contributed by atoms with Crippen molar-refractivity contribution >= 4 is 38.6 Å². The zero-order valence-corrected chi connectivity index (χ0v) is 18.4. The molecule has 0 heterocycles. The number of aryl methyl sites for hydroxylation is 3. The molecule has 160 valence electrons. The quantitative estimate of drug-likeness (QED) is 0.456. The van der Waals surface area contributed by atoms with Gasteiger partial charge in [0, 0.05) is 5.56 Å². The van der Waals surface area contributed by atoms with Gasteiger partial charge < -0.3 is 0 Å². The van der Waals surface area contributed by atoms with Gasteiger partial charge in [-0.05, 0) is 52.8 Å². The molecule has 0 radical (unpaired) electrons. The van der Waals surface area contributed by atoms with E-state index in [2.05, 4.69) is 28.7 Å². The highest BCUT2D eigenvalue weighted by Gasteiger charge is 2.22. The van der Waals surface area contributed by atoms with E-state index in [4.69, 9.17) is 0 Å². The van der Waals surface area contributed by atoms with Crippen LogP contribution in [0, 0.1) is 0 Å². The van der Waals surface area contributed by atoms with E-state index < -0.39 is 15.9 Å². The van der Waals surface area contributed by atoms with Crippen molar-refractivity contribution in [3.05, 3.63) is 76.9 Å². The summed E-state index contributed by atoms with van der Waals surface area (Å²) in [6, 6.07) is 17.5. The van der Waals surface area contributed by atoms with Gasteiger partial charge in [0.15, 0.2) is 0 Å². The Balaban J connectivity index is 1.52. The number of amides is 1. The number of nitrogens with one attached hydrogen (secondary N) is 1. The van der Waals surface area contributed by atoms with E-state index in [1.165, 1.54) is 16.5 Å². The maximum atomic E-state index is 12.5. The molecular weight excluding hydrogens is 410 g/mol. The first-order chi connectivity index (χ1) is 14.9. The molecule has 3 aromatic carbocycles. The number of carbonyl (C=O) groups is 1. The van der Waals surface area contributed by atoms with E-state index in [1.807, 2.05) is 31.2 Å². The average molecular weight is 436 g/mol. The normalized spacial score (nSPS) is 13.1. The van der Waals surface area contributed by atoms with Crippen LogP contribution in [0.1, 0.15) is 29.2 Å². The topological polar surface area (TPSA) is 78.8 Å².